The third-order valence-electron chi connectivity index (χ3n) is 3.31. The molecule has 0 saturated carbocycles. The molecular formula is C17H15N5O3S. The summed E-state index contributed by atoms with van der Waals surface area (Å²) in [5, 5.41) is 17.5. The Morgan fingerprint density at radius 2 is 2.12 bits per heavy atom. The van der Waals surface area contributed by atoms with Gasteiger partial charge in [-0.25, -0.2) is 4.98 Å². The number of nitrogens with two attached hydrogens (primary N) is 1. The fourth-order valence-electron chi connectivity index (χ4n) is 2.11. The van der Waals surface area contributed by atoms with E-state index in [4.69, 9.17) is 10.5 Å². The number of hydrazone groups is 1. The van der Waals surface area contributed by atoms with Crippen LogP contribution in [0, 0.1) is 10.1 Å². The summed E-state index contributed by atoms with van der Waals surface area (Å²) in [6.07, 6.45) is 1.46. The van der Waals surface area contributed by atoms with Crippen molar-refractivity contribution >= 4 is 34.2 Å². The van der Waals surface area contributed by atoms with Crippen molar-refractivity contribution < 1.29 is 9.66 Å². The molecule has 8 nitrogen and oxygen atoms in total. The molecular weight excluding hydrogens is 354 g/mol. The Bertz CT molecular complexity index is 927. The molecule has 0 atom stereocenters. The van der Waals surface area contributed by atoms with Gasteiger partial charge in [-0.1, -0.05) is 30.3 Å². The second kappa shape index (κ2) is 8.08. The van der Waals surface area contributed by atoms with Crippen LogP contribution in [0.4, 0.5) is 16.6 Å². The number of benzene rings is 2. The van der Waals surface area contributed by atoms with Gasteiger partial charge in [-0.3, -0.25) is 15.5 Å². The van der Waals surface area contributed by atoms with Gasteiger partial charge in [-0.15, -0.1) is 11.3 Å². The number of thiazole rings is 1. The minimum atomic E-state index is -0.480. The minimum Gasteiger partial charge on any atom is -0.482 e. The van der Waals surface area contributed by atoms with Gasteiger partial charge < -0.3 is 10.5 Å². The Kier molecular flexibility index (Phi) is 5.40. The van der Waals surface area contributed by atoms with Crippen molar-refractivity contribution in [2.45, 2.75) is 6.61 Å². The third kappa shape index (κ3) is 4.54. The molecule has 26 heavy (non-hydrogen) atoms. The first kappa shape index (κ1) is 17.4. The van der Waals surface area contributed by atoms with Crippen LogP contribution in [-0.4, -0.2) is 16.1 Å². The van der Waals surface area contributed by atoms with Crippen LogP contribution >= 0.6 is 11.3 Å². The number of ether oxygens (including phenoxy) is 1. The average molecular weight is 369 g/mol. The Morgan fingerprint density at radius 3 is 2.81 bits per heavy atom. The second-order valence-electron chi connectivity index (χ2n) is 5.21. The summed E-state index contributed by atoms with van der Waals surface area (Å²) in [6, 6.07) is 14.1. The van der Waals surface area contributed by atoms with Crippen molar-refractivity contribution in [3.63, 3.8) is 0 Å². The van der Waals surface area contributed by atoms with Crippen molar-refractivity contribution in [2.75, 3.05) is 11.2 Å². The molecule has 3 rings (SSSR count). The highest BCUT2D eigenvalue weighted by Gasteiger charge is 2.15. The molecule has 3 aromatic rings. The molecule has 2 aromatic carbocycles. The van der Waals surface area contributed by atoms with Crippen LogP contribution in [0.1, 0.15) is 11.1 Å². The number of aromatic nitrogens is 1. The molecule has 0 aliphatic rings. The summed E-state index contributed by atoms with van der Waals surface area (Å²) in [4.78, 5) is 14.8. The maximum Gasteiger partial charge on any atom is 0.311 e. The Balaban J connectivity index is 1.70. The number of anilines is 2. The molecule has 1 aromatic heterocycles. The van der Waals surface area contributed by atoms with E-state index in [-0.39, 0.29) is 18.0 Å². The smallest absolute Gasteiger partial charge is 0.311 e. The van der Waals surface area contributed by atoms with Crippen molar-refractivity contribution in [2.24, 2.45) is 5.10 Å². The standard InChI is InChI=1S/C17H15N5O3S/c18-16-11-26-17(20-16)21-19-9-13-6-7-15(14(8-13)22(23)24)25-10-12-4-2-1-3-5-12/h1-9,11H,10,18H2,(H,20,21). The first-order chi connectivity index (χ1) is 12.6. The number of nitrogens with zero attached hydrogens (tertiary/aromatic N) is 3. The quantitative estimate of drug-likeness (QED) is 0.373. The highest BCUT2D eigenvalue weighted by atomic mass is 32.1. The van der Waals surface area contributed by atoms with Gasteiger partial charge in [-0.2, -0.15) is 5.10 Å². The molecule has 0 fully saturated rings. The van der Waals surface area contributed by atoms with Crippen LogP contribution in [0.25, 0.3) is 0 Å². The topological polar surface area (TPSA) is 116 Å². The summed E-state index contributed by atoms with van der Waals surface area (Å²) in [6.45, 7) is 0.252. The SMILES string of the molecule is Nc1csc(NN=Cc2ccc(OCc3ccccc3)c([N+](=O)[O-])c2)n1. The molecule has 0 bridgehead atoms. The lowest BCUT2D eigenvalue weighted by atomic mass is 10.2. The zero-order valence-electron chi connectivity index (χ0n) is 13.5. The predicted octanol–water partition coefficient (Wildman–Crippen LogP) is 3.66. The molecule has 9 heteroatoms. The first-order valence-electron chi connectivity index (χ1n) is 7.57. The molecule has 0 saturated heterocycles. The fourth-order valence-corrected chi connectivity index (χ4v) is 2.66. The van der Waals surface area contributed by atoms with Gasteiger partial charge >= 0.3 is 5.69 Å². The number of rotatable bonds is 7. The van der Waals surface area contributed by atoms with Gasteiger partial charge in [0.1, 0.15) is 12.4 Å². The van der Waals surface area contributed by atoms with E-state index in [1.165, 1.54) is 23.6 Å². The Hall–Kier alpha value is -3.46. The van der Waals surface area contributed by atoms with Crippen molar-refractivity contribution in [3.8, 4) is 5.75 Å². The highest BCUT2D eigenvalue weighted by Crippen LogP contribution is 2.28. The maximum absolute atomic E-state index is 11.3. The van der Waals surface area contributed by atoms with E-state index in [0.717, 1.165) is 5.56 Å². The normalized spacial score (nSPS) is 10.8. The number of nitrogen functional groups attached to an aromatic ring is 1. The summed E-state index contributed by atoms with van der Waals surface area (Å²) >= 11 is 1.31. The Labute approximate surface area is 153 Å². The van der Waals surface area contributed by atoms with E-state index < -0.39 is 4.92 Å². The number of nitrogens with one attached hydrogen (secondary N) is 1. The number of hydrogen-bond donors (Lipinski definition) is 2. The van der Waals surface area contributed by atoms with Gasteiger partial charge in [0.2, 0.25) is 5.13 Å². The first-order valence-corrected chi connectivity index (χ1v) is 8.45. The lowest BCUT2D eigenvalue weighted by Gasteiger charge is -2.07. The number of nitro groups is 1. The van der Waals surface area contributed by atoms with E-state index in [1.54, 1.807) is 17.5 Å². The zero-order chi connectivity index (χ0) is 18.4. The Morgan fingerprint density at radius 1 is 1.31 bits per heavy atom. The van der Waals surface area contributed by atoms with Crippen LogP contribution in [0.5, 0.6) is 5.75 Å². The summed E-state index contributed by atoms with van der Waals surface area (Å²) in [7, 11) is 0. The van der Waals surface area contributed by atoms with Gasteiger partial charge in [0.05, 0.1) is 11.1 Å². The molecule has 0 aliphatic carbocycles. The van der Waals surface area contributed by atoms with E-state index in [9.17, 15) is 10.1 Å². The van der Waals surface area contributed by atoms with Crippen LogP contribution < -0.4 is 15.9 Å². The van der Waals surface area contributed by atoms with Crippen LogP contribution in [0.15, 0.2) is 59.0 Å². The molecule has 0 spiro atoms. The van der Waals surface area contributed by atoms with Crippen molar-refractivity contribution in [3.05, 3.63) is 75.2 Å². The molecule has 1 heterocycles. The lowest BCUT2D eigenvalue weighted by molar-refractivity contribution is -0.385. The highest BCUT2D eigenvalue weighted by molar-refractivity contribution is 7.14. The van der Waals surface area contributed by atoms with Crippen molar-refractivity contribution in [1.29, 1.82) is 0 Å². The summed E-state index contributed by atoms with van der Waals surface area (Å²) in [5.41, 5.74) is 9.60. The van der Waals surface area contributed by atoms with Gasteiger partial charge in [-0.05, 0) is 17.7 Å². The lowest BCUT2D eigenvalue weighted by Crippen LogP contribution is -2.00. The van der Waals surface area contributed by atoms with E-state index >= 15 is 0 Å². The molecule has 3 N–H and O–H groups in total. The monoisotopic (exact) mass is 369 g/mol. The summed E-state index contributed by atoms with van der Waals surface area (Å²) in [5.74, 6) is 0.611. The van der Waals surface area contributed by atoms with E-state index in [0.29, 0.717) is 16.5 Å². The zero-order valence-corrected chi connectivity index (χ0v) is 14.3. The molecule has 0 radical (unpaired) electrons. The molecule has 0 amide bonds. The van der Waals surface area contributed by atoms with Crippen LogP contribution in [0.3, 0.4) is 0 Å². The maximum atomic E-state index is 11.3. The molecule has 0 aliphatic heterocycles. The average Bonchev–Trinajstić information content (AvgIpc) is 3.06. The van der Waals surface area contributed by atoms with Gasteiger partial charge in [0.25, 0.3) is 0 Å². The third-order valence-corrected chi connectivity index (χ3v) is 4.08. The molecule has 132 valence electrons. The number of nitro benzene ring substituents is 1. The van der Waals surface area contributed by atoms with Crippen LogP contribution in [-0.2, 0) is 6.61 Å². The van der Waals surface area contributed by atoms with Crippen molar-refractivity contribution in [1.82, 2.24) is 4.98 Å². The van der Waals surface area contributed by atoms with Crippen LogP contribution in [0.2, 0.25) is 0 Å². The van der Waals surface area contributed by atoms with Gasteiger partial charge in [0, 0.05) is 17.0 Å². The number of hydrogen-bond acceptors (Lipinski definition) is 8. The predicted molar refractivity (Wildman–Crippen MR) is 102 cm³/mol. The van der Waals surface area contributed by atoms with E-state index in [2.05, 4.69) is 15.5 Å². The minimum absolute atomic E-state index is 0.122. The largest absolute Gasteiger partial charge is 0.482 e. The summed E-state index contributed by atoms with van der Waals surface area (Å²) < 4.78 is 5.59. The fraction of sp³-hybridized carbons (Fsp3) is 0.0588. The van der Waals surface area contributed by atoms with E-state index in [1.807, 2.05) is 30.3 Å². The van der Waals surface area contributed by atoms with Gasteiger partial charge in [0.15, 0.2) is 5.75 Å². The second-order valence-corrected chi connectivity index (χ2v) is 6.06. The molecule has 0 unspecified atom stereocenters.